The Morgan fingerprint density at radius 3 is 2.65 bits per heavy atom. The molecule has 1 aromatic carbocycles. The van der Waals surface area contributed by atoms with Crippen molar-refractivity contribution in [2.24, 2.45) is 5.92 Å². The molecule has 0 saturated carbocycles. The number of fused-ring (bicyclic) bond motifs is 1. The van der Waals surface area contributed by atoms with E-state index in [1.165, 1.54) is 11.0 Å². The Bertz CT molecular complexity index is 1120. The number of hydrogen-bond donors (Lipinski definition) is 3. The number of nitrogens with one attached hydrogen (secondary N) is 2. The van der Waals surface area contributed by atoms with Crippen molar-refractivity contribution in [2.75, 3.05) is 17.2 Å². The first kappa shape index (κ1) is 23.7. The molecule has 1 aliphatic carbocycles. The lowest BCUT2D eigenvalue weighted by molar-refractivity contribution is -0.142. The monoisotopic (exact) mass is 468 g/mol. The summed E-state index contributed by atoms with van der Waals surface area (Å²) in [5.74, 6) is -1.50. The zero-order chi connectivity index (χ0) is 24.4. The zero-order valence-corrected chi connectivity index (χ0v) is 19.3. The molecule has 9 heteroatoms. The van der Waals surface area contributed by atoms with E-state index in [2.05, 4.69) is 15.6 Å². The number of likely N-dealkylation sites (tertiary alicyclic amines) is 1. The van der Waals surface area contributed by atoms with Crippen LogP contribution >= 0.6 is 0 Å². The molecule has 0 radical (unpaired) electrons. The Kier molecular flexibility index (Phi) is 6.81. The second-order valence-corrected chi connectivity index (χ2v) is 9.24. The molecular weight excluding hydrogens is 439 g/mol. The highest BCUT2D eigenvalue weighted by atomic mass is 19.1. The molecule has 0 unspecified atom stereocenters. The van der Waals surface area contributed by atoms with Crippen molar-refractivity contribution in [3.8, 4) is 0 Å². The van der Waals surface area contributed by atoms with Crippen molar-refractivity contribution < 1.29 is 23.9 Å². The SMILES string of the molecule is CC(C)c1ccc(NC(=O)N2CCC[C@@H]2C(=O)Nc2ccc3c(n2)CC[C@@H](C(=O)O)C3)cc1F. The van der Waals surface area contributed by atoms with E-state index in [0.717, 1.165) is 11.3 Å². The highest BCUT2D eigenvalue weighted by Gasteiger charge is 2.34. The molecule has 2 heterocycles. The molecule has 3 amide bonds. The van der Waals surface area contributed by atoms with Gasteiger partial charge in [0.2, 0.25) is 5.91 Å². The number of hydrogen-bond acceptors (Lipinski definition) is 4. The van der Waals surface area contributed by atoms with E-state index in [1.54, 1.807) is 18.2 Å². The Hall–Kier alpha value is -3.49. The molecule has 1 aliphatic heterocycles. The maximum absolute atomic E-state index is 14.3. The lowest BCUT2D eigenvalue weighted by atomic mass is 9.87. The molecule has 2 aromatic rings. The maximum atomic E-state index is 14.3. The molecule has 180 valence electrons. The molecular formula is C25H29FN4O4. The van der Waals surface area contributed by atoms with Gasteiger partial charge in [0.1, 0.15) is 17.7 Å². The van der Waals surface area contributed by atoms with Crippen molar-refractivity contribution in [3.63, 3.8) is 0 Å². The van der Waals surface area contributed by atoms with Crippen LogP contribution in [-0.4, -0.2) is 45.5 Å². The highest BCUT2D eigenvalue weighted by molar-refractivity contribution is 5.99. The minimum absolute atomic E-state index is 0.0345. The zero-order valence-electron chi connectivity index (χ0n) is 19.3. The van der Waals surface area contributed by atoms with Crippen LogP contribution in [0.2, 0.25) is 0 Å². The number of carboxylic acid groups (broad SMARTS) is 1. The summed E-state index contributed by atoms with van der Waals surface area (Å²) in [6.45, 7) is 4.22. The molecule has 0 bridgehead atoms. The fourth-order valence-corrected chi connectivity index (χ4v) is 4.65. The molecule has 0 spiro atoms. The Balaban J connectivity index is 1.40. The van der Waals surface area contributed by atoms with Crippen molar-refractivity contribution in [1.82, 2.24) is 9.88 Å². The van der Waals surface area contributed by atoms with E-state index in [0.29, 0.717) is 55.7 Å². The summed E-state index contributed by atoms with van der Waals surface area (Å²) < 4.78 is 14.3. The van der Waals surface area contributed by atoms with E-state index >= 15 is 0 Å². The van der Waals surface area contributed by atoms with Crippen LogP contribution in [0.3, 0.4) is 0 Å². The van der Waals surface area contributed by atoms with Gasteiger partial charge in [0.05, 0.1) is 5.92 Å². The van der Waals surface area contributed by atoms with Crippen LogP contribution in [0.15, 0.2) is 30.3 Å². The summed E-state index contributed by atoms with van der Waals surface area (Å²) in [7, 11) is 0. The highest BCUT2D eigenvalue weighted by Crippen LogP contribution is 2.27. The van der Waals surface area contributed by atoms with Gasteiger partial charge in [-0.2, -0.15) is 0 Å². The topological polar surface area (TPSA) is 112 Å². The number of carbonyl (C=O) groups is 3. The number of urea groups is 1. The smallest absolute Gasteiger partial charge is 0.322 e. The number of halogens is 1. The van der Waals surface area contributed by atoms with Gasteiger partial charge < -0.3 is 20.6 Å². The second-order valence-electron chi connectivity index (χ2n) is 9.24. The van der Waals surface area contributed by atoms with Gasteiger partial charge in [0.25, 0.3) is 0 Å². The lowest BCUT2D eigenvalue weighted by Crippen LogP contribution is -2.45. The van der Waals surface area contributed by atoms with Gasteiger partial charge >= 0.3 is 12.0 Å². The van der Waals surface area contributed by atoms with Gasteiger partial charge in [0, 0.05) is 17.9 Å². The average molecular weight is 469 g/mol. The number of pyridine rings is 1. The largest absolute Gasteiger partial charge is 0.481 e. The molecule has 2 atom stereocenters. The first-order chi connectivity index (χ1) is 16.2. The van der Waals surface area contributed by atoms with Crippen molar-refractivity contribution >= 4 is 29.4 Å². The molecule has 1 fully saturated rings. The van der Waals surface area contributed by atoms with Crippen LogP contribution in [0.1, 0.15) is 55.8 Å². The van der Waals surface area contributed by atoms with E-state index in [4.69, 9.17) is 0 Å². The number of nitrogens with zero attached hydrogens (tertiary/aromatic N) is 2. The summed E-state index contributed by atoms with van der Waals surface area (Å²) in [5.41, 5.74) is 2.60. The molecule has 1 saturated heterocycles. The van der Waals surface area contributed by atoms with E-state index < -0.39 is 24.0 Å². The van der Waals surface area contributed by atoms with Gasteiger partial charge in [-0.25, -0.2) is 14.2 Å². The number of anilines is 2. The minimum atomic E-state index is -0.804. The van der Waals surface area contributed by atoms with Crippen LogP contribution in [0.4, 0.5) is 20.7 Å². The third kappa shape index (κ3) is 5.03. The van der Waals surface area contributed by atoms with Gasteiger partial charge in [-0.05, 0) is 67.3 Å². The van der Waals surface area contributed by atoms with Crippen molar-refractivity contribution in [3.05, 3.63) is 53.0 Å². The molecule has 2 aliphatic rings. The Labute approximate surface area is 197 Å². The fourth-order valence-electron chi connectivity index (χ4n) is 4.65. The minimum Gasteiger partial charge on any atom is -0.481 e. The van der Waals surface area contributed by atoms with Gasteiger partial charge in [0.15, 0.2) is 0 Å². The summed E-state index contributed by atoms with van der Waals surface area (Å²) in [6, 6.07) is 6.98. The fraction of sp³-hybridized carbons (Fsp3) is 0.440. The van der Waals surface area contributed by atoms with E-state index in [-0.39, 0.29) is 17.6 Å². The first-order valence-corrected chi connectivity index (χ1v) is 11.6. The van der Waals surface area contributed by atoms with E-state index in [1.807, 2.05) is 19.9 Å². The number of aryl methyl sites for hydroxylation is 1. The van der Waals surface area contributed by atoms with Crippen LogP contribution in [0.25, 0.3) is 0 Å². The van der Waals surface area contributed by atoms with Gasteiger partial charge in [-0.15, -0.1) is 0 Å². The Morgan fingerprint density at radius 1 is 1.15 bits per heavy atom. The standard InChI is InChI=1S/C25H29FN4O4/c1-14(2)18-8-7-17(13-19(18)26)27-25(34)30-11-3-4-21(30)23(31)29-22-10-6-15-12-16(24(32)33)5-9-20(15)28-22/h6-8,10,13-14,16,21H,3-5,9,11-12H2,1-2H3,(H,27,34)(H,32,33)(H,28,29,31)/t16-,21-/m1/s1. The van der Waals surface area contributed by atoms with E-state index in [9.17, 15) is 23.9 Å². The summed E-state index contributed by atoms with van der Waals surface area (Å²) in [5, 5.41) is 14.7. The van der Waals surface area contributed by atoms with Crippen molar-refractivity contribution in [1.29, 1.82) is 0 Å². The molecule has 4 rings (SSSR count). The molecule has 3 N–H and O–H groups in total. The number of aromatic nitrogens is 1. The number of carboxylic acids is 1. The summed E-state index contributed by atoms with van der Waals surface area (Å²) in [4.78, 5) is 43.0. The Morgan fingerprint density at radius 2 is 1.94 bits per heavy atom. The van der Waals surface area contributed by atoms with Crippen molar-refractivity contribution in [2.45, 2.75) is 57.9 Å². The number of benzene rings is 1. The van der Waals surface area contributed by atoms with Crippen LogP contribution in [0.5, 0.6) is 0 Å². The van der Waals surface area contributed by atoms with Crippen LogP contribution in [-0.2, 0) is 22.4 Å². The quantitative estimate of drug-likeness (QED) is 0.610. The van der Waals surface area contributed by atoms with Gasteiger partial charge in [-0.1, -0.05) is 26.0 Å². The third-order valence-electron chi connectivity index (χ3n) is 6.55. The number of rotatable bonds is 5. The summed E-state index contributed by atoms with van der Waals surface area (Å²) >= 11 is 0. The first-order valence-electron chi connectivity index (χ1n) is 11.6. The molecule has 8 nitrogen and oxygen atoms in total. The predicted molar refractivity (Wildman–Crippen MR) is 125 cm³/mol. The normalized spacial score (nSPS) is 19.6. The van der Waals surface area contributed by atoms with Gasteiger partial charge in [-0.3, -0.25) is 9.59 Å². The second kappa shape index (κ2) is 9.79. The number of carbonyl (C=O) groups excluding carboxylic acids is 2. The maximum Gasteiger partial charge on any atom is 0.322 e. The lowest BCUT2D eigenvalue weighted by Gasteiger charge is -2.25. The number of amides is 3. The van der Waals surface area contributed by atoms with Crippen LogP contribution in [0, 0.1) is 11.7 Å². The predicted octanol–water partition coefficient (Wildman–Crippen LogP) is 4.17. The summed E-state index contributed by atoms with van der Waals surface area (Å²) in [6.07, 6.45) is 2.69. The molecule has 1 aromatic heterocycles. The third-order valence-corrected chi connectivity index (χ3v) is 6.55. The average Bonchev–Trinajstić information content (AvgIpc) is 3.29. The van der Waals surface area contributed by atoms with Crippen LogP contribution < -0.4 is 10.6 Å². The number of aliphatic carboxylic acids is 1. The molecule has 34 heavy (non-hydrogen) atoms.